The van der Waals surface area contributed by atoms with Gasteiger partial charge in [-0.15, -0.1) is 11.8 Å². The number of hydrogen-bond acceptors (Lipinski definition) is 6. The van der Waals surface area contributed by atoms with Crippen LogP contribution in [0.5, 0.6) is 0 Å². The first-order valence-corrected chi connectivity index (χ1v) is 10.5. The van der Waals surface area contributed by atoms with E-state index in [2.05, 4.69) is 10.5 Å². The summed E-state index contributed by atoms with van der Waals surface area (Å²) in [5.74, 6) is -1.52. The Balaban J connectivity index is 1.62. The van der Waals surface area contributed by atoms with Crippen LogP contribution >= 0.6 is 23.4 Å². The molecule has 2 aromatic rings. The summed E-state index contributed by atoms with van der Waals surface area (Å²) in [6, 6.07) is 2.79. The van der Waals surface area contributed by atoms with Gasteiger partial charge < -0.3 is 14.7 Å². The van der Waals surface area contributed by atoms with Crippen molar-refractivity contribution >= 4 is 41.0 Å². The first kappa shape index (κ1) is 20.9. The number of carbonyl (C=O) groups is 3. The summed E-state index contributed by atoms with van der Waals surface area (Å²) in [6.45, 7) is 6.78. The Morgan fingerprint density at radius 1 is 1.37 bits per heavy atom. The number of thioether (sulfide) groups is 1. The number of amides is 2. The quantitative estimate of drug-likeness (QED) is 0.718. The molecule has 7 nitrogen and oxygen atoms in total. The third kappa shape index (κ3) is 3.02. The molecule has 0 saturated carbocycles. The second-order valence-corrected chi connectivity index (χ2v) is 10.1. The molecule has 4 rings (SSSR count). The largest absolute Gasteiger partial charge is 0.360 e. The first-order chi connectivity index (χ1) is 14.0. The minimum Gasteiger partial charge on any atom is -0.360 e. The second kappa shape index (κ2) is 7.09. The fourth-order valence-corrected chi connectivity index (χ4v) is 6.11. The van der Waals surface area contributed by atoms with Gasteiger partial charge in [-0.3, -0.25) is 14.4 Å². The van der Waals surface area contributed by atoms with Crippen molar-refractivity contribution in [1.29, 1.82) is 0 Å². The lowest BCUT2D eigenvalue weighted by molar-refractivity contribution is -0.152. The maximum Gasteiger partial charge on any atom is 0.257 e. The number of ketones is 1. The van der Waals surface area contributed by atoms with Crippen LogP contribution in [0.15, 0.2) is 22.7 Å². The fraction of sp³-hybridized carbons (Fsp3) is 0.400. The van der Waals surface area contributed by atoms with Crippen LogP contribution in [-0.4, -0.2) is 49.9 Å². The van der Waals surface area contributed by atoms with Crippen molar-refractivity contribution in [3.63, 3.8) is 0 Å². The first-order valence-electron chi connectivity index (χ1n) is 9.26. The van der Waals surface area contributed by atoms with Gasteiger partial charge in [-0.1, -0.05) is 22.8 Å². The minimum atomic E-state index is -0.802. The summed E-state index contributed by atoms with van der Waals surface area (Å²) >= 11 is 7.58. The monoisotopic (exact) mass is 451 g/mol. The fourth-order valence-electron chi connectivity index (χ4n) is 4.16. The molecule has 1 N–H and O–H groups in total. The number of Topliss-reactive ketones (excluding diaryl/α,β-unsaturated/α-hetero) is 1. The van der Waals surface area contributed by atoms with Gasteiger partial charge in [-0.05, 0) is 39.8 Å². The van der Waals surface area contributed by atoms with E-state index in [1.54, 1.807) is 0 Å². The average molecular weight is 452 g/mol. The van der Waals surface area contributed by atoms with Crippen LogP contribution in [0.3, 0.4) is 0 Å². The maximum atomic E-state index is 14.4. The van der Waals surface area contributed by atoms with Gasteiger partial charge in [0, 0.05) is 4.75 Å². The number of aryl methyl sites for hydroxylation is 1. The van der Waals surface area contributed by atoms with E-state index in [9.17, 15) is 18.8 Å². The highest BCUT2D eigenvalue weighted by molar-refractivity contribution is 8.01. The van der Waals surface area contributed by atoms with Crippen LogP contribution in [0.2, 0.25) is 5.02 Å². The summed E-state index contributed by atoms with van der Waals surface area (Å²) < 4.78 is 19.0. The molecule has 0 bridgehead atoms. The van der Waals surface area contributed by atoms with Crippen LogP contribution in [0.1, 0.15) is 36.9 Å². The van der Waals surface area contributed by atoms with Crippen LogP contribution in [0.4, 0.5) is 4.39 Å². The van der Waals surface area contributed by atoms with Gasteiger partial charge in [-0.25, -0.2) is 4.39 Å². The van der Waals surface area contributed by atoms with Crippen molar-refractivity contribution in [3.8, 4) is 11.3 Å². The Morgan fingerprint density at radius 3 is 2.70 bits per heavy atom. The Hall–Kier alpha value is -2.39. The number of nitrogens with zero attached hydrogens (tertiary/aromatic N) is 2. The van der Waals surface area contributed by atoms with E-state index in [1.807, 2.05) is 13.8 Å². The third-order valence-corrected chi connectivity index (χ3v) is 7.29. The molecule has 10 heteroatoms. The molecular weight excluding hydrogens is 433 g/mol. The van der Waals surface area contributed by atoms with Gasteiger partial charge in [-0.2, -0.15) is 0 Å². The smallest absolute Gasteiger partial charge is 0.257 e. The van der Waals surface area contributed by atoms with E-state index in [0.717, 1.165) is 0 Å². The zero-order valence-corrected chi connectivity index (χ0v) is 18.2. The van der Waals surface area contributed by atoms with Crippen molar-refractivity contribution in [2.75, 3.05) is 0 Å². The lowest BCUT2D eigenvalue weighted by Crippen LogP contribution is -2.70. The third-order valence-electron chi connectivity index (χ3n) is 5.40. The van der Waals surface area contributed by atoms with Crippen molar-refractivity contribution in [2.24, 2.45) is 0 Å². The van der Waals surface area contributed by atoms with E-state index >= 15 is 0 Å². The number of nitrogens with one attached hydrogen (secondary N) is 1. The van der Waals surface area contributed by atoms with Gasteiger partial charge in [0.25, 0.3) is 5.91 Å². The normalized spacial score (nSPS) is 24.4. The summed E-state index contributed by atoms with van der Waals surface area (Å²) in [6.07, 6.45) is 0. The van der Waals surface area contributed by atoms with Gasteiger partial charge in [0.15, 0.2) is 5.78 Å². The Bertz CT molecular complexity index is 1070. The SMILES string of the molecule is CC(=O)[C@@H]1N2C(=O)[C@@H](NC(=O)c3c(-c4c(F)cccc4Cl)noc3C)[C@H]2SC1(C)C. The van der Waals surface area contributed by atoms with Gasteiger partial charge in [0.05, 0.1) is 10.6 Å². The summed E-state index contributed by atoms with van der Waals surface area (Å²) in [4.78, 5) is 39.3. The van der Waals surface area contributed by atoms with Crippen LogP contribution in [-0.2, 0) is 9.59 Å². The van der Waals surface area contributed by atoms with E-state index < -0.39 is 28.6 Å². The number of halogens is 2. The lowest BCUT2D eigenvalue weighted by Gasteiger charge is -2.44. The molecule has 2 aliphatic rings. The molecule has 158 valence electrons. The molecule has 1 aromatic heterocycles. The van der Waals surface area contributed by atoms with Crippen LogP contribution in [0.25, 0.3) is 11.3 Å². The van der Waals surface area contributed by atoms with Crippen molar-refractivity contribution in [1.82, 2.24) is 15.4 Å². The predicted octanol–water partition coefficient (Wildman–Crippen LogP) is 3.19. The zero-order valence-electron chi connectivity index (χ0n) is 16.7. The standard InChI is InChI=1S/C20H19ClFN3O4S/c1-8(26)16-20(3,4)30-19-15(18(28)25(16)19)23-17(27)12-9(2)29-24-14(12)13-10(21)6-5-7-11(13)22/h5-7,15-16,19H,1-4H3,(H,23,27)/t15-,16+,19-/m1/s1. The van der Waals surface area contributed by atoms with E-state index in [0.29, 0.717) is 0 Å². The highest BCUT2D eigenvalue weighted by Crippen LogP contribution is 2.51. The molecule has 0 unspecified atom stereocenters. The van der Waals surface area contributed by atoms with E-state index in [-0.39, 0.29) is 44.7 Å². The molecule has 2 saturated heterocycles. The predicted molar refractivity (Wildman–Crippen MR) is 110 cm³/mol. The number of β-lactam (4-membered cyclic amide) rings is 1. The lowest BCUT2D eigenvalue weighted by atomic mass is 9.93. The maximum absolute atomic E-state index is 14.4. The van der Waals surface area contributed by atoms with Crippen molar-refractivity contribution in [2.45, 2.75) is 49.9 Å². The average Bonchev–Trinajstić information content (AvgIpc) is 3.14. The highest BCUT2D eigenvalue weighted by Gasteiger charge is 2.63. The molecular formula is C20H19ClFN3O4S. The molecule has 2 aliphatic heterocycles. The molecule has 1 aromatic carbocycles. The van der Waals surface area contributed by atoms with Crippen LogP contribution in [0, 0.1) is 12.7 Å². The summed E-state index contributed by atoms with van der Waals surface area (Å²) in [5.41, 5.74) is -0.0629. The van der Waals surface area contributed by atoms with Crippen molar-refractivity contribution in [3.05, 3.63) is 40.4 Å². The number of aromatic nitrogens is 1. The zero-order chi connectivity index (χ0) is 22.0. The number of carbonyl (C=O) groups excluding carboxylic acids is 3. The van der Waals surface area contributed by atoms with Crippen molar-refractivity contribution < 1.29 is 23.3 Å². The van der Waals surface area contributed by atoms with Gasteiger partial charge >= 0.3 is 0 Å². The minimum absolute atomic E-state index is 0.0126. The second-order valence-electron chi connectivity index (χ2n) is 7.88. The number of benzene rings is 1. The van der Waals surface area contributed by atoms with Gasteiger partial charge in [0.2, 0.25) is 5.91 Å². The molecule has 3 heterocycles. The van der Waals surface area contributed by atoms with Crippen LogP contribution < -0.4 is 5.32 Å². The Morgan fingerprint density at radius 2 is 2.07 bits per heavy atom. The molecule has 30 heavy (non-hydrogen) atoms. The molecule has 0 spiro atoms. The number of rotatable bonds is 4. The topological polar surface area (TPSA) is 92.5 Å². The molecule has 0 radical (unpaired) electrons. The highest BCUT2D eigenvalue weighted by atomic mass is 35.5. The number of hydrogen-bond donors (Lipinski definition) is 1. The van der Waals surface area contributed by atoms with E-state index in [4.69, 9.17) is 16.1 Å². The molecule has 2 amide bonds. The molecule has 3 atom stereocenters. The molecule has 2 fully saturated rings. The summed E-state index contributed by atoms with van der Waals surface area (Å²) in [7, 11) is 0. The van der Waals surface area contributed by atoms with Gasteiger partial charge in [0.1, 0.15) is 40.3 Å². The van der Waals surface area contributed by atoms with E-state index in [1.165, 1.54) is 48.7 Å². The number of fused-ring (bicyclic) bond motifs is 1. The Labute approximate surface area is 181 Å². The summed E-state index contributed by atoms with van der Waals surface area (Å²) in [5, 5.41) is 6.25. The Kier molecular flexibility index (Phi) is 4.93. The molecule has 0 aliphatic carbocycles.